The van der Waals surface area contributed by atoms with Gasteiger partial charge in [-0.1, -0.05) is 32.9 Å². The average molecular weight is 278 g/mol. The standard InChI is InChI=1S/C17H27FN2/c1-4-15(19)16(13-5-7-14(18)8-6-13)20-11-9-17(2,3)10-12-20/h5-8,15-16H,4,9-12,19H2,1-3H3. The van der Waals surface area contributed by atoms with Gasteiger partial charge in [0.1, 0.15) is 5.82 Å². The van der Waals surface area contributed by atoms with Gasteiger partial charge in [0.05, 0.1) is 0 Å². The summed E-state index contributed by atoms with van der Waals surface area (Å²) in [6.45, 7) is 8.93. The van der Waals surface area contributed by atoms with Gasteiger partial charge in [-0.25, -0.2) is 4.39 Å². The van der Waals surface area contributed by atoms with E-state index in [2.05, 4.69) is 25.7 Å². The summed E-state index contributed by atoms with van der Waals surface area (Å²) in [5, 5.41) is 0. The van der Waals surface area contributed by atoms with Crippen molar-refractivity contribution in [1.29, 1.82) is 0 Å². The van der Waals surface area contributed by atoms with Crippen molar-refractivity contribution in [2.45, 2.75) is 52.1 Å². The van der Waals surface area contributed by atoms with Crippen LogP contribution in [-0.2, 0) is 0 Å². The molecule has 2 nitrogen and oxygen atoms in total. The van der Waals surface area contributed by atoms with Gasteiger partial charge in [-0.2, -0.15) is 0 Å². The van der Waals surface area contributed by atoms with Crippen LogP contribution in [0, 0.1) is 11.2 Å². The number of benzene rings is 1. The second kappa shape index (κ2) is 6.23. The largest absolute Gasteiger partial charge is 0.326 e. The monoisotopic (exact) mass is 278 g/mol. The van der Waals surface area contributed by atoms with Crippen molar-refractivity contribution in [3.05, 3.63) is 35.6 Å². The van der Waals surface area contributed by atoms with Crippen LogP contribution < -0.4 is 5.73 Å². The van der Waals surface area contributed by atoms with Crippen molar-refractivity contribution in [2.24, 2.45) is 11.1 Å². The first-order valence-electron chi connectivity index (χ1n) is 7.68. The van der Waals surface area contributed by atoms with E-state index in [1.54, 1.807) is 12.1 Å². The Morgan fingerprint density at radius 2 is 1.75 bits per heavy atom. The fraction of sp³-hybridized carbons (Fsp3) is 0.647. The third-order valence-corrected chi connectivity index (χ3v) is 4.63. The summed E-state index contributed by atoms with van der Waals surface area (Å²) < 4.78 is 13.1. The Morgan fingerprint density at radius 1 is 1.20 bits per heavy atom. The molecule has 3 heteroatoms. The molecule has 112 valence electrons. The third-order valence-electron chi connectivity index (χ3n) is 4.63. The zero-order valence-electron chi connectivity index (χ0n) is 12.9. The molecule has 1 aliphatic rings. The van der Waals surface area contributed by atoms with Crippen LogP contribution in [0.15, 0.2) is 24.3 Å². The van der Waals surface area contributed by atoms with Gasteiger partial charge in [0, 0.05) is 12.1 Å². The Bertz CT molecular complexity index is 417. The smallest absolute Gasteiger partial charge is 0.123 e. The highest BCUT2D eigenvalue weighted by molar-refractivity contribution is 5.22. The maximum absolute atomic E-state index is 13.1. The van der Waals surface area contributed by atoms with Crippen molar-refractivity contribution < 1.29 is 4.39 Å². The van der Waals surface area contributed by atoms with Gasteiger partial charge in [-0.15, -0.1) is 0 Å². The number of hydrogen-bond donors (Lipinski definition) is 1. The molecule has 2 unspecified atom stereocenters. The van der Waals surface area contributed by atoms with Gasteiger partial charge in [0.2, 0.25) is 0 Å². The Kier molecular flexibility index (Phi) is 4.82. The van der Waals surface area contributed by atoms with Crippen LogP contribution in [0.5, 0.6) is 0 Å². The molecule has 20 heavy (non-hydrogen) atoms. The van der Waals surface area contributed by atoms with Crippen LogP contribution in [0.2, 0.25) is 0 Å². The van der Waals surface area contributed by atoms with Crippen molar-refractivity contribution in [3.8, 4) is 0 Å². The lowest BCUT2D eigenvalue weighted by molar-refractivity contribution is 0.0809. The second-order valence-corrected chi connectivity index (χ2v) is 6.77. The molecule has 1 aromatic carbocycles. The van der Waals surface area contributed by atoms with E-state index in [1.165, 1.54) is 12.8 Å². The molecule has 2 rings (SSSR count). The first-order valence-corrected chi connectivity index (χ1v) is 7.68. The minimum absolute atomic E-state index is 0.0988. The van der Waals surface area contributed by atoms with E-state index >= 15 is 0 Å². The number of likely N-dealkylation sites (tertiary alicyclic amines) is 1. The molecule has 1 aliphatic heterocycles. The Morgan fingerprint density at radius 3 is 2.25 bits per heavy atom. The zero-order valence-corrected chi connectivity index (χ0v) is 12.9. The van der Waals surface area contributed by atoms with Crippen molar-refractivity contribution in [2.75, 3.05) is 13.1 Å². The molecule has 2 atom stereocenters. The maximum Gasteiger partial charge on any atom is 0.123 e. The van der Waals surface area contributed by atoms with E-state index in [4.69, 9.17) is 5.73 Å². The minimum atomic E-state index is -0.183. The number of piperidine rings is 1. The summed E-state index contributed by atoms with van der Waals surface area (Å²) in [4.78, 5) is 2.48. The van der Waals surface area contributed by atoms with Crippen molar-refractivity contribution in [1.82, 2.24) is 4.90 Å². The summed E-state index contributed by atoms with van der Waals surface area (Å²) in [5.74, 6) is -0.183. The summed E-state index contributed by atoms with van der Waals surface area (Å²) in [6.07, 6.45) is 3.32. The number of nitrogens with zero attached hydrogens (tertiary/aromatic N) is 1. The lowest BCUT2D eigenvalue weighted by Crippen LogP contribution is -2.46. The molecule has 0 saturated carbocycles. The number of rotatable bonds is 4. The molecule has 0 aliphatic carbocycles. The number of hydrogen-bond acceptors (Lipinski definition) is 2. The van der Waals surface area contributed by atoms with Gasteiger partial charge in [0.15, 0.2) is 0 Å². The van der Waals surface area contributed by atoms with Gasteiger partial charge in [-0.05, 0) is 55.5 Å². The van der Waals surface area contributed by atoms with Crippen LogP contribution in [0.1, 0.15) is 51.6 Å². The van der Waals surface area contributed by atoms with Gasteiger partial charge < -0.3 is 5.73 Å². The summed E-state index contributed by atoms with van der Waals surface area (Å²) in [6, 6.07) is 7.15. The van der Waals surface area contributed by atoms with Crippen LogP contribution in [0.4, 0.5) is 4.39 Å². The third kappa shape index (κ3) is 3.58. The van der Waals surface area contributed by atoms with Crippen LogP contribution in [-0.4, -0.2) is 24.0 Å². The quantitative estimate of drug-likeness (QED) is 0.909. The van der Waals surface area contributed by atoms with Gasteiger partial charge in [-0.3, -0.25) is 4.90 Å². The van der Waals surface area contributed by atoms with Gasteiger partial charge >= 0.3 is 0 Å². The first kappa shape index (κ1) is 15.5. The number of halogens is 1. The minimum Gasteiger partial charge on any atom is -0.326 e. The van der Waals surface area contributed by atoms with Crippen LogP contribution in [0.25, 0.3) is 0 Å². The predicted molar refractivity (Wildman–Crippen MR) is 82.0 cm³/mol. The Hall–Kier alpha value is -0.930. The molecule has 1 fully saturated rings. The molecule has 1 aromatic rings. The van der Waals surface area contributed by atoms with E-state index in [9.17, 15) is 4.39 Å². The lowest BCUT2D eigenvalue weighted by Gasteiger charge is -2.43. The van der Waals surface area contributed by atoms with Crippen LogP contribution in [0.3, 0.4) is 0 Å². The fourth-order valence-electron chi connectivity index (χ4n) is 3.02. The first-order chi connectivity index (χ1) is 9.43. The highest BCUT2D eigenvalue weighted by Gasteiger charge is 2.32. The molecule has 0 spiro atoms. The van der Waals surface area contributed by atoms with E-state index in [0.29, 0.717) is 5.41 Å². The molecule has 0 radical (unpaired) electrons. The zero-order chi connectivity index (χ0) is 14.8. The maximum atomic E-state index is 13.1. The topological polar surface area (TPSA) is 29.3 Å². The SMILES string of the molecule is CCC(N)C(c1ccc(F)cc1)N1CCC(C)(C)CC1. The van der Waals surface area contributed by atoms with Crippen molar-refractivity contribution in [3.63, 3.8) is 0 Å². The Balaban J connectivity index is 2.18. The molecule has 2 N–H and O–H groups in total. The average Bonchev–Trinajstić information content (AvgIpc) is 2.42. The van der Waals surface area contributed by atoms with Gasteiger partial charge in [0.25, 0.3) is 0 Å². The fourth-order valence-corrected chi connectivity index (χ4v) is 3.02. The molecular formula is C17H27FN2. The van der Waals surface area contributed by atoms with E-state index in [0.717, 1.165) is 25.1 Å². The predicted octanol–water partition coefficient (Wildman–Crippen LogP) is 3.73. The summed E-state index contributed by atoms with van der Waals surface area (Å²) in [7, 11) is 0. The lowest BCUT2D eigenvalue weighted by atomic mass is 9.81. The second-order valence-electron chi connectivity index (χ2n) is 6.77. The highest BCUT2D eigenvalue weighted by Crippen LogP contribution is 2.35. The normalized spacial score (nSPS) is 22.4. The van der Waals surface area contributed by atoms with E-state index in [1.807, 2.05) is 12.1 Å². The molecule has 0 amide bonds. The molecular weight excluding hydrogens is 251 g/mol. The van der Waals surface area contributed by atoms with Crippen LogP contribution >= 0.6 is 0 Å². The van der Waals surface area contributed by atoms with E-state index in [-0.39, 0.29) is 17.9 Å². The Labute approximate surface area is 122 Å². The highest BCUT2D eigenvalue weighted by atomic mass is 19.1. The van der Waals surface area contributed by atoms with Crippen molar-refractivity contribution >= 4 is 0 Å². The summed E-state index contributed by atoms with van der Waals surface area (Å²) in [5.41, 5.74) is 7.92. The van der Waals surface area contributed by atoms with E-state index < -0.39 is 0 Å². The molecule has 0 bridgehead atoms. The molecule has 1 heterocycles. The summed E-state index contributed by atoms with van der Waals surface area (Å²) >= 11 is 0. The number of nitrogens with two attached hydrogens (primary N) is 1. The molecule has 1 saturated heterocycles. The molecule has 0 aromatic heterocycles.